The third kappa shape index (κ3) is 4.55. The van der Waals surface area contributed by atoms with E-state index >= 15 is 0 Å². The van der Waals surface area contributed by atoms with Gasteiger partial charge in [0.1, 0.15) is 11.1 Å². The van der Waals surface area contributed by atoms with E-state index in [1.165, 1.54) is 0 Å². The van der Waals surface area contributed by atoms with Crippen molar-refractivity contribution in [1.29, 1.82) is 0 Å². The molecule has 1 aliphatic heterocycles. The third-order valence-electron chi connectivity index (χ3n) is 5.22. The fourth-order valence-corrected chi connectivity index (χ4v) is 3.53. The Bertz CT molecular complexity index is 1050. The summed E-state index contributed by atoms with van der Waals surface area (Å²) in [5.41, 5.74) is 2.01. The second-order valence-electron chi connectivity index (χ2n) is 7.34. The Balaban J connectivity index is 1.60. The van der Waals surface area contributed by atoms with E-state index in [1.54, 1.807) is 18.2 Å². The first kappa shape index (κ1) is 19.4. The molecule has 0 unspecified atom stereocenters. The minimum atomic E-state index is -0.629. The lowest BCUT2D eigenvalue weighted by Crippen LogP contribution is -2.43. The summed E-state index contributed by atoms with van der Waals surface area (Å²) in [7, 11) is 0. The Morgan fingerprint density at radius 2 is 1.83 bits per heavy atom. The molecule has 0 saturated carbocycles. The van der Waals surface area contributed by atoms with Gasteiger partial charge in [-0.15, -0.1) is 0 Å². The van der Waals surface area contributed by atoms with Crippen LogP contribution in [-0.4, -0.2) is 43.7 Å². The van der Waals surface area contributed by atoms with Crippen molar-refractivity contribution >= 4 is 16.9 Å². The molecular weight excluding hydrogens is 368 g/mol. The van der Waals surface area contributed by atoms with Crippen LogP contribution in [-0.2, 0) is 4.74 Å². The van der Waals surface area contributed by atoms with Crippen molar-refractivity contribution < 1.29 is 13.9 Å². The number of aryl methyl sites for hydroxylation is 1. The number of hydrogen-bond donors (Lipinski definition) is 1. The van der Waals surface area contributed by atoms with E-state index in [4.69, 9.17) is 9.15 Å². The minimum absolute atomic E-state index is 0.0165. The zero-order valence-corrected chi connectivity index (χ0v) is 16.4. The first-order valence-corrected chi connectivity index (χ1v) is 9.80. The summed E-state index contributed by atoms with van der Waals surface area (Å²) in [5.74, 6) is -0.427. The molecule has 0 aliphatic carbocycles. The van der Waals surface area contributed by atoms with Crippen LogP contribution in [0.2, 0.25) is 0 Å². The Labute approximate surface area is 169 Å². The normalized spacial score (nSPS) is 15.9. The van der Waals surface area contributed by atoms with Crippen molar-refractivity contribution in [1.82, 2.24) is 10.2 Å². The van der Waals surface area contributed by atoms with Crippen LogP contribution in [0.25, 0.3) is 11.0 Å². The molecule has 1 atom stereocenters. The molecule has 2 aromatic carbocycles. The van der Waals surface area contributed by atoms with Crippen LogP contribution in [0.1, 0.15) is 27.5 Å². The number of ether oxygens (including phenoxy) is 1. The Morgan fingerprint density at radius 1 is 1.10 bits per heavy atom. The topological polar surface area (TPSA) is 71.8 Å². The number of fused-ring (bicyclic) bond motifs is 1. The van der Waals surface area contributed by atoms with Crippen LogP contribution >= 0.6 is 0 Å². The average Bonchev–Trinajstić information content (AvgIpc) is 2.74. The number of para-hydroxylation sites is 1. The molecule has 0 bridgehead atoms. The van der Waals surface area contributed by atoms with E-state index in [1.807, 2.05) is 43.3 Å². The predicted molar refractivity (Wildman–Crippen MR) is 111 cm³/mol. The van der Waals surface area contributed by atoms with E-state index in [2.05, 4.69) is 10.2 Å². The maximum atomic E-state index is 13.0. The van der Waals surface area contributed by atoms with Crippen LogP contribution in [0.5, 0.6) is 0 Å². The molecular formula is C23H24N2O4. The van der Waals surface area contributed by atoms with E-state index in [9.17, 15) is 9.59 Å². The molecule has 3 aromatic rings. The number of benzene rings is 2. The highest BCUT2D eigenvalue weighted by Crippen LogP contribution is 2.18. The number of nitrogens with zero attached hydrogens (tertiary/aromatic N) is 1. The largest absolute Gasteiger partial charge is 0.422 e. The SMILES string of the molecule is Cc1ccc([C@@H](CN2CCOCC2)NC(=O)c2cc3ccccc3oc2=O)cc1. The number of nitrogens with one attached hydrogen (secondary N) is 1. The monoisotopic (exact) mass is 392 g/mol. The average molecular weight is 392 g/mol. The molecule has 2 heterocycles. The molecule has 1 aliphatic rings. The van der Waals surface area contributed by atoms with Gasteiger partial charge in [-0.2, -0.15) is 0 Å². The highest BCUT2D eigenvalue weighted by molar-refractivity contribution is 5.96. The quantitative estimate of drug-likeness (QED) is 0.676. The lowest BCUT2D eigenvalue weighted by atomic mass is 10.0. The van der Waals surface area contributed by atoms with E-state index in [0.717, 1.165) is 29.6 Å². The zero-order chi connectivity index (χ0) is 20.2. The first-order valence-electron chi connectivity index (χ1n) is 9.80. The third-order valence-corrected chi connectivity index (χ3v) is 5.22. The van der Waals surface area contributed by atoms with Gasteiger partial charge in [-0.3, -0.25) is 9.69 Å². The van der Waals surface area contributed by atoms with Crippen molar-refractivity contribution in [2.24, 2.45) is 0 Å². The van der Waals surface area contributed by atoms with Crippen molar-refractivity contribution in [2.75, 3.05) is 32.8 Å². The van der Waals surface area contributed by atoms with Crippen LogP contribution in [0.15, 0.2) is 63.8 Å². The molecule has 0 spiro atoms. The number of morpholine rings is 1. The van der Waals surface area contributed by atoms with Gasteiger partial charge in [0, 0.05) is 25.0 Å². The molecule has 29 heavy (non-hydrogen) atoms. The smallest absolute Gasteiger partial charge is 0.349 e. The van der Waals surface area contributed by atoms with Crippen LogP contribution in [0, 0.1) is 6.92 Å². The summed E-state index contributed by atoms with van der Waals surface area (Å²) in [4.78, 5) is 27.6. The van der Waals surface area contributed by atoms with Crippen LogP contribution in [0.3, 0.4) is 0 Å². The fraction of sp³-hybridized carbons (Fsp3) is 0.304. The van der Waals surface area contributed by atoms with Crippen LogP contribution < -0.4 is 10.9 Å². The lowest BCUT2D eigenvalue weighted by molar-refractivity contribution is 0.0332. The molecule has 6 heteroatoms. The predicted octanol–water partition coefficient (Wildman–Crippen LogP) is 2.90. The van der Waals surface area contributed by atoms with Crippen molar-refractivity contribution in [3.8, 4) is 0 Å². The number of hydrogen-bond acceptors (Lipinski definition) is 5. The van der Waals surface area contributed by atoms with Crippen molar-refractivity contribution in [2.45, 2.75) is 13.0 Å². The molecule has 1 saturated heterocycles. The van der Waals surface area contributed by atoms with Gasteiger partial charge in [0.2, 0.25) is 0 Å². The summed E-state index contributed by atoms with van der Waals surface area (Å²) < 4.78 is 10.8. The van der Waals surface area contributed by atoms with Crippen molar-refractivity contribution in [3.63, 3.8) is 0 Å². The minimum Gasteiger partial charge on any atom is -0.422 e. The highest BCUT2D eigenvalue weighted by Gasteiger charge is 2.22. The number of carbonyl (C=O) groups excluding carboxylic acids is 1. The summed E-state index contributed by atoms with van der Waals surface area (Å²) in [6, 6.07) is 16.6. The summed E-state index contributed by atoms with van der Waals surface area (Å²) in [6.07, 6.45) is 0. The molecule has 1 aromatic heterocycles. The van der Waals surface area contributed by atoms with Crippen molar-refractivity contribution in [3.05, 3.63) is 81.7 Å². The van der Waals surface area contributed by atoms with Gasteiger partial charge in [-0.05, 0) is 24.6 Å². The molecule has 1 fully saturated rings. The second kappa shape index (κ2) is 8.59. The van der Waals surface area contributed by atoms with Gasteiger partial charge >= 0.3 is 5.63 Å². The van der Waals surface area contributed by atoms with Gasteiger partial charge in [-0.25, -0.2) is 4.79 Å². The van der Waals surface area contributed by atoms with E-state index in [-0.39, 0.29) is 11.6 Å². The lowest BCUT2D eigenvalue weighted by Gasteiger charge is -2.31. The number of amides is 1. The van der Waals surface area contributed by atoms with Gasteiger partial charge in [-0.1, -0.05) is 48.0 Å². The Kier molecular flexibility index (Phi) is 5.74. The highest BCUT2D eigenvalue weighted by atomic mass is 16.5. The molecule has 0 radical (unpaired) electrons. The van der Waals surface area contributed by atoms with Crippen LogP contribution in [0.4, 0.5) is 0 Å². The fourth-order valence-electron chi connectivity index (χ4n) is 3.53. The van der Waals surface area contributed by atoms with E-state index < -0.39 is 11.5 Å². The maximum absolute atomic E-state index is 13.0. The summed E-state index contributed by atoms with van der Waals surface area (Å²) in [6.45, 7) is 5.68. The number of carbonyl (C=O) groups is 1. The molecule has 4 rings (SSSR count). The Morgan fingerprint density at radius 3 is 2.59 bits per heavy atom. The van der Waals surface area contributed by atoms with Gasteiger partial charge < -0.3 is 14.5 Å². The molecule has 1 N–H and O–H groups in total. The molecule has 6 nitrogen and oxygen atoms in total. The van der Waals surface area contributed by atoms with E-state index in [0.29, 0.717) is 25.3 Å². The Hall–Kier alpha value is -2.96. The van der Waals surface area contributed by atoms with Gasteiger partial charge in [0.25, 0.3) is 5.91 Å². The zero-order valence-electron chi connectivity index (χ0n) is 16.4. The van der Waals surface area contributed by atoms with Gasteiger partial charge in [0.05, 0.1) is 19.3 Å². The summed E-state index contributed by atoms with van der Waals surface area (Å²) >= 11 is 0. The van der Waals surface area contributed by atoms with Gasteiger partial charge in [0.15, 0.2) is 0 Å². The standard InChI is InChI=1S/C23H24N2O4/c1-16-6-8-17(9-7-16)20(15-25-10-12-28-13-11-25)24-22(26)19-14-18-4-2-3-5-21(18)29-23(19)27/h2-9,14,20H,10-13,15H2,1H3,(H,24,26)/t20-/m1/s1. The summed E-state index contributed by atoms with van der Waals surface area (Å²) in [5, 5.41) is 3.76. The maximum Gasteiger partial charge on any atom is 0.349 e. The number of rotatable bonds is 5. The second-order valence-corrected chi connectivity index (χ2v) is 7.34. The first-order chi connectivity index (χ1) is 14.1. The molecule has 1 amide bonds. The molecule has 150 valence electrons.